The number of carbonyl (C=O) groups excluding carboxylic acids is 1. The number of fused-ring (bicyclic) bond motifs is 5. The molecule has 0 spiro atoms. The molecular formula is C33H44N4O2. The fraction of sp³-hybridized carbons (Fsp3) is 0.576. The first kappa shape index (κ1) is 26.4. The third-order valence-electron chi connectivity index (χ3n) is 11.0. The molecule has 0 bridgehead atoms. The Morgan fingerprint density at radius 3 is 2.31 bits per heavy atom. The van der Waals surface area contributed by atoms with E-state index in [1.54, 1.807) is 6.92 Å². The molecule has 0 heterocycles. The van der Waals surface area contributed by atoms with E-state index in [9.17, 15) is 4.79 Å². The molecule has 1 unspecified atom stereocenters. The van der Waals surface area contributed by atoms with E-state index in [1.807, 2.05) is 12.1 Å². The first-order valence-electron chi connectivity index (χ1n) is 15.0. The van der Waals surface area contributed by atoms with E-state index in [-0.39, 0.29) is 23.5 Å². The highest BCUT2D eigenvalue weighted by Crippen LogP contribution is 2.65. The Morgan fingerprint density at radius 1 is 0.872 bits per heavy atom. The number of nitrogens with one attached hydrogen (secondary N) is 3. The number of hydrazone groups is 1. The average molecular weight is 529 g/mol. The van der Waals surface area contributed by atoms with Gasteiger partial charge >= 0.3 is 5.97 Å². The minimum atomic E-state index is -0.129. The van der Waals surface area contributed by atoms with Crippen LogP contribution in [0.15, 0.2) is 65.8 Å². The number of carbonyl (C=O) groups is 1. The van der Waals surface area contributed by atoms with Crippen LogP contribution in [0.5, 0.6) is 0 Å². The van der Waals surface area contributed by atoms with Gasteiger partial charge in [-0.1, -0.05) is 50.2 Å². The molecule has 39 heavy (non-hydrogen) atoms. The van der Waals surface area contributed by atoms with Gasteiger partial charge in [-0.3, -0.25) is 10.2 Å². The van der Waals surface area contributed by atoms with Gasteiger partial charge in [-0.05, 0) is 105 Å². The molecule has 4 aliphatic carbocycles. The highest BCUT2D eigenvalue weighted by Gasteiger charge is 2.61. The Labute approximate surface area is 233 Å². The molecule has 6 heteroatoms. The maximum Gasteiger partial charge on any atom is 0.302 e. The molecule has 0 saturated heterocycles. The molecule has 0 radical (unpaired) electrons. The fourth-order valence-corrected chi connectivity index (χ4v) is 9.06. The zero-order valence-electron chi connectivity index (χ0n) is 23.7. The second kappa shape index (κ2) is 10.6. The van der Waals surface area contributed by atoms with Gasteiger partial charge in [0.05, 0.1) is 17.4 Å². The largest absolute Gasteiger partial charge is 0.463 e. The quantitative estimate of drug-likeness (QED) is 0.277. The van der Waals surface area contributed by atoms with Crippen LogP contribution < -0.4 is 16.3 Å². The number of ether oxygens (including phenoxy) is 1. The topological polar surface area (TPSA) is 74.8 Å². The maximum atomic E-state index is 11.6. The van der Waals surface area contributed by atoms with Gasteiger partial charge in [0.15, 0.2) is 0 Å². The summed E-state index contributed by atoms with van der Waals surface area (Å²) in [5.74, 6) is 2.57. The Hall–Kier alpha value is -2.86. The summed E-state index contributed by atoms with van der Waals surface area (Å²) in [5, 5.41) is 5.13. The molecule has 6 nitrogen and oxygen atoms in total. The van der Waals surface area contributed by atoms with Crippen LogP contribution in [-0.4, -0.2) is 23.8 Å². The van der Waals surface area contributed by atoms with Crippen LogP contribution in [0, 0.1) is 34.5 Å². The number of rotatable bonds is 6. The molecule has 0 aromatic heterocycles. The molecule has 4 fully saturated rings. The molecule has 0 aliphatic heterocycles. The smallest absolute Gasteiger partial charge is 0.302 e. The van der Waals surface area contributed by atoms with Crippen molar-refractivity contribution in [3.8, 4) is 0 Å². The van der Waals surface area contributed by atoms with Gasteiger partial charge in [0.2, 0.25) is 0 Å². The molecule has 0 amide bonds. The van der Waals surface area contributed by atoms with Gasteiger partial charge in [-0.15, -0.1) is 0 Å². The predicted molar refractivity (Wildman–Crippen MR) is 157 cm³/mol. The van der Waals surface area contributed by atoms with Crippen molar-refractivity contribution in [2.75, 3.05) is 10.9 Å². The normalized spacial score (nSPS) is 38.3. The fourth-order valence-electron chi connectivity index (χ4n) is 9.06. The van der Waals surface area contributed by atoms with Gasteiger partial charge in [0.25, 0.3) is 0 Å². The summed E-state index contributed by atoms with van der Waals surface area (Å²) in [5.41, 5.74) is 14.3. The first-order chi connectivity index (χ1) is 18.9. The van der Waals surface area contributed by atoms with Gasteiger partial charge in [-0.25, -0.2) is 5.43 Å². The van der Waals surface area contributed by atoms with Crippen molar-refractivity contribution in [3.63, 3.8) is 0 Å². The summed E-state index contributed by atoms with van der Waals surface area (Å²) >= 11 is 0. The Kier molecular flexibility index (Phi) is 7.17. The SMILES string of the molecule is CC(=O)O[C@H]1CC[C@@]2(C)[C@@H](CC[C@H]3C4C[C@H](NNc5ccccc5)/C(=N/Nc5ccccc5)[C@@]4(C)CC[C@@H]32)C1. The van der Waals surface area contributed by atoms with E-state index in [2.05, 4.69) is 78.7 Å². The van der Waals surface area contributed by atoms with Crippen LogP contribution in [0.3, 0.4) is 0 Å². The first-order valence-corrected chi connectivity index (χ1v) is 15.0. The van der Waals surface area contributed by atoms with Crippen molar-refractivity contribution in [2.45, 2.75) is 84.3 Å². The number of hydrogen-bond acceptors (Lipinski definition) is 6. The minimum absolute atomic E-state index is 0.0666. The lowest BCUT2D eigenvalue weighted by Crippen LogP contribution is -2.54. The molecule has 4 saturated carbocycles. The van der Waals surface area contributed by atoms with E-state index >= 15 is 0 Å². The number of hydrazine groups is 1. The van der Waals surface area contributed by atoms with Gasteiger partial charge in [-0.2, -0.15) is 5.10 Å². The predicted octanol–water partition coefficient (Wildman–Crippen LogP) is 7.02. The van der Waals surface area contributed by atoms with Crippen molar-refractivity contribution < 1.29 is 9.53 Å². The van der Waals surface area contributed by atoms with E-state index in [4.69, 9.17) is 9.84 Å². The zero-order valence-corrected chi connectivity index (χ0v) is 23.7. The van der Waals surface area contributed by atoms with Crippen LogP contribution in [-0.2, 0) is 9.53 Å². The highest BCUT2D eigenvalue weighted by atomic mass is 16.5. The van der Waals surface area contributed by atoms with Crippen LogP contribution in [0.4, 0.5) is 11.4 Å². The number of anilines is 2. The highest BCUT2D eigenvalue weighted by molar-refractivity contribution is 5.97. The molecule has 8 atom stereocenters. The molecule has 3 N–H and O–H groups in total. The van der Waals surface area contributed by atoms with Crippen LogP contribution in [0.25, 0.3) is 0 Å². The molecule has 6 rings (SSSR count). The third kappa shape index (κ3) is 4.97. The zero-order chi connectivity index (χ0) is 27.0. The third-order valence-corrected chi connectivity index (χ3v) is 11.0. The molecular weight excluding hydrogens is 484 g/mol. The minimum Gasteiger partial charge on any atom is -0.463 e. The summed E-state index contributed by atoms with van der Waals surface area (Å²) in [6.45, 7) is 6.60. The van der Waals surface area contributed by atoms with Crippen molar-refractivity contribution >= 4 is 23.1 Å². The summed E-state index contributed by atoms with van der Waals surface area (Å²) in [7, 11) is 0. The number of nitrogens with zero attached hydrogens (tertiary/aromatic N) is 1. The summed E-state index contributed by atoms with van der Waals surface area (Å²) in [6.07, 6.45) is 9.39. The van der Waals surface area contributed by atoms with E-state index in [0.717, 1.165) is 36.6 Å². The Balaban J connectivity index is 1.25. The van der Waals surface area contributed by atoms with Gasteiger partial charge in [0, 0.05) is 18.0 Å². The standard InChI is InChI=1S/C33H44N4O2/c1-22(38)39-26-16-18-32(2)23(20-26)14-15-27-28(32)17-19-33(3)29(27)21-30(36-34-24-10-6-4-7-11-24)31(33)37-35-25-12-8-5-9-13-25/h4-13,23,26-30,34-36H,14-21H2,1-3H3/b37-31-/t23-,26-,27+,28-,29?,30-,32-,33-/m0/s1. The van der Waals surface area contributed by atoms with Gasteiger partial charge in [0.1, 0.15) is 6.10 Å². The number of esters is 1. The van der Waals surface area contributed by atoms with Crippen LogP contribution >= 0.6 is 0 Å². The van der Waals surface area contributed by atoms with Crippen molar-refractivity contribution in [1.82, 2.24) is 5.43 Å². The summed E-state index contributed by atoms with van der Waals surface area (Å²) in [6, 6.07) is 20.8. The van der Waals surface area contributed by atoms with Crippen molar-refractivity contribution in [1.29, 1.82) is 0 Å². The molecule has 2 aromatic rings. The van der Waals surface area contributed by atoms with Crippen molar-refractivity contribution in [2.24, 2.45) is 39.6 Å². The monoisotopic (exact) mass is 528 g/mol. The second-order valence-electron chi connectivity index (χ2n) is 13.0. The number of hydrogen-bond donors (Lipinski definition) is 3. The van der Waals surface area contributed by atoms with Gasteiger partial charge < -0.3 is 10.2 Å². The Bertz CT molecular complexity index is 1190. The summed E-state index contributed by atoms with van der Waals surface area (Å²) < 4.78 is 5.68. The molecule has 2 aromatic carbocycles. The molecule has 4 aliphatic rings. The van der Waals surface area contributed by atoms with Crippen molar-refractivity contribution in [3.05, 3.63) is 60.7 Å². The summed E-state index contributed by atoms with van der Waals surface area (Å²) in [4.78, 5) is 11.6. The lowest BCUT2D eigenvalue weighted by molar-refractivity contribution is -0.158. The van der Waals surface area contributed by atoms with Crippen LogP contribution in [0.2, 0.25) is 0 Å². The average Bonchev–Trinajstić information content (AvgIpc) is 3.23. The molecule has 208 valence electrons. The maximum absolute atomic E-state index is 11.6. The number of benzene rings is 2. The lowest BCUT2D eigenvalue weighted by atomic mass is 9.45. The Morgan fingerprint density at radius 2 is 1.59 bits per heavy atom. The van der Waals surface area contributed by atoms with E-state index in [0.29, 0.717) is 23.2 Å². The van der Waals surface area contributed by atoms with Crippen LogP contribution in [0.1, 0.15) is 72.1 Å². The number of para-hydroxylation sites is 2. The van der Waals surface area contributed by atoms with E-state index < -0.39 is 0 Å². The lowest BCUT2D eigenvalue weighted by Gasteiger charge is -2.60. The van der Waals surface area contributed by atoms with E-state index in [1.165, 1.54) is 37.8 Å². The second-order valence-corrected chi connectivity index (χ2v) is 13.0.